The lowest BCUT2D eigenvalue weighted by molar-refractivity contribution is -0.124. The van der Waals surface area contributed by atoms with Crippen molar-refractivity contribution in [2.24, 2.45) is 5.92 Å². The lowest BCUT2D eigenvalue weighted by Crippen LogP contribution is -2.59. The normalized spacial score (nSPS) is 35.0. The first-order valence-electron chi connectivity index (χ1n) is 9.79. The molecule has 0 radical (unpaired) electrons. The van der Waals surface area contributed by atoms with Crippen LogP contribution in [-0.4, -0.2) is 60.3 Å². The molecule has 0 aromatic heterocycles. The molecular weight excluding hydrogens is 373 g/mol. The Morgan fingerprint density at radius 1 is 1.15 bits per heavy atom. The van der Waals surface area contributed by atoms with E-state index in [-0.39, 0.29) is 54.5 Å². The smallest absolute Gasteiger partial charge is 0.237 e. The second-order valence-electron chi connectivity index (χ2n) is 8.80. The summed E-state index contributed by atoms with van der Waals surface area (Å²) in [6.07, 6.45) is 6.69. The molecule has 1 aliphatic carbocycles. The Kier molecular flexibility index (Phi) is 9.15. The Hall–Kier alpha value is -0.0700. The van der Waals surface area contributed by atoms with Gasteiger partial charge in [0.1, 0.15) is 0 Å². The molecule has 154 valence electrons. The standard InChI is InChI=1S/C19H35N3O2.2ClH/c1-13-10-22(11-14(2)24-13)19(3,4)12-20-18(23)17-9-15-7-5-6-8-16(15)21-17;;/h13-17,21H,5-12H2,1-4H3,(H,20,23);2*1H. The van der Waals surface area contributed by atoms with Crippen LogP contribution in [0.3, 0.4) is 0 Å². The molecule has 2 saturated heterocycles. The molecule has 2 N–H and O–H groups in total. The van der Waals surface area contributed by atoms with E-state index in [0.717, 1.165) is 19.5 Å². The minimum atomic E-state index is -0.0483. The van der Waals surface area contributed by atoms with Gasteiger partial charge < -0.3 is 15.4 Å². The second-order valence-corrected chi connectivity index (χ2v) is 8.80. The molecule has 3 rings (SSSR count). The number of carbonyl (C=O) groups excluding carboxylic acids is 1. The van der Waals surface area contributed by atoms with Gasteiger partial charge >= 0.3 is 0 Å². The van der Waals surface area contributed by atoms with Gasteiger partial charge in [0, 0.05) is 31.2 Å². The van der Waals surface area contributed by atoms with Crippen LogP contribution < -0.4 is 10.6 Å². The van der Waals surface area contributed by atoms with Crippen molar-refractivity contribution in [3.8, 4) is 0 Å². The van der Waals surface area contributed by atoms with E-state index < -0.39 is 0 Å². The van der Waals surface area contributed by atoms with E-state index in [0.29, 0.717) is 18.5 Å². The van der Waals surface area contributed by atoms with Crippen molar-refractivity contribution in [1.82, 2.24) is 15.5 Å². The SMILES string of the molecule is CC1CN(C(C)(C)CNC(=O)C2CC3CCCCC3N2)CC(C)O1.Cl.Cl. The number of carbonyl (C=O) groups is 1. The van der Waals surface area contributed by atoms with Crippen LogP contribution in [0.5, 0.6) is 0 Å². The van der Waals surface area contributed by atoms with Gasteiger partial charge in [0.2, 0.25) is 5.91 Å². The average Bonchev–Trinajstić information content (AvgIpc) is 2.96. The minimum absolute atomic E-state index is 0. The largest absolute Gasteiger partial charge is 0.373 e. The van der Waals surface area contributed by atoms with E-state index >= 15 is 0 Å². The number of morpholine rings is 1. The zero-order chi connectivity index (χ0) is 17.3. The number of nitrogens with zero attached hydrogens (tertiary/aromatic N) is 1. The third kappa shape index (κ3) is 5.71. The molecule has 5 unspecified atom stereocenters. The van der Waals surface area contributed by atoms with Crippen molar-refractivity contribution in [2.45, 2.75) is 89.6 Å². The number of rotatable bonds is 4. The van der Waals surface area contributed by atoms with Crippen LogP contribution in [0, 0.1) is 5.92 Å². The summed E-state index contributed by atoms with van der Waals surface area (Å²) in [5.41, 5.74) is -0.0483. The molecular formula is C19H37Cl2N3O2. The lowest BCUT2D eigenvalue weighted by Gasteiger charge is -2.45. The van der Waals surface area contributed by atoms with Gasteiger partial charge in [0.25, 0.3) is 0 Å². The Morgan fingerprint density at radius 3 is 2.38 bits per heavy atom. The lowest BCUT2D eigenvalue weighted by atomic mass is 9.85. The number of ether oxygens (including phenoxy) is 1. The van der Waals surface area contributed by atoms with Gasteiger partial charge in [0.15, 0.2) is 0 Å². The summed E-state index contributed by atoms with van der Waals surface area (Å²) in [4.78, 5) is 15.1. The maximum Gasteiger partial charge on any atom is 0.237 e. The minimum Gasteiger partial charge on any atom is -0.373 e. The molecule has 2 heterocycles. The van der Waals surface area contributed by atoms with E-state index in [2.05, 4.69) is 43.2 Å². The fraction of sp³-hybridized carbons (Fsp3) is 0.947. The van der Waals surface area contributed by atoms with Gasteiger partial charge in [-0.2, -0.15) is 0 Å². The summed E-state index contributed by atoms with van der Waals surface area (Å²) < 4.78 is 5.83. The second kappa shape index (κ2) is 9.92. The van der Waals surface area contributed by atoms with Crippen LogP contribution in [0.25, 0.3) is 0 Å². The third-order valence-corrected chi connectivity index (χ3v) is 6.15. The molecule has 7 heteroatoms. The first-order chi connectivity index (χ1) is 11.3. The molecule has 0 aromatic rings. The molecule has 5 atom stereocenters. The molecule has 0 bridgehead atoms. The molecule has 0 aromatic carbocycles. The van der Waals surface area contributed by atoms with Gasteiger partial charge in [-0.1, -0.05) is 12.8 Å². The fourth-order valence-corrected chi connectivity index (χ4v) is 4.73. The highest BCUT2D eigenvalue weighted by Gasteiger charge is 2.39. The fourth-order valence-electron chi connectivity index (χ4n) is 4.73. The first kappa shape index (κ1) is 24.0. The predicted molar refractivity (Wildman–Crippen MR) is 110 cm³/mol. The number of fused-ring (bicyclic) bond motifs is 1. The summed E-state index contributed by atoms with van der Waals surface area (Å²) >= 11 is 0. The van der Waals surface area contributed by atoms with Crippen LogP contribution in [0.4, 0.5) is 0 Å². The molecule has 0 spiro atoms. The van der Waals surface area contributed by atoms with Crippen molar-refractivity contribution in [1.29, 1.82) is 0 Å². The number of amides is 1. The zero-order valence-electron chi connectivity index (χ0n) is 16.6. The van der Waals surface area contributed by atoms with Crippen LogP contribution in [0.15, 0.2) is 0 Å². The number of hydrogen-bond donors (Lipinski definition) is 2. The van der Waals surface area contributed by atoms with E-state index in [1.165, 1.54) is 25.7 Å². The summed E-state index contributed by atoms with van der Waals surface area (Å²) in [6.45, 7) is 11.2. The Balaban J connectivity index is 0.00000169. The molecule has 3 fully saturated rings. The quantitative estimate of drug-likeness (QED) is 0.749. The van der Waals surface area contributed by atoms with E-state index in [1.54, 1.807) is 0 Å². The summed E-state index contributed by atoms with van der Waals surface area (Å²) in [7, 11) is 0. The van der Waals surface area contributed by atoms with Crippen LogP contribution >= 0.6 is 24.8 Å². The highest BCUT2D eigenvalue weighted by molar-refractivity contribution is 5.85. The Bertz CT molecular complexity index is 440. The van der Waals surface area contributed by atoms with Gasteiger partial charge in [0.05, 0.1) is 18.2 Å². The maximum atomic E-state index is 12.6. The van der Waals surface area contributed by atoms with Crippen molar-refractivity contribution in [3.05, 3.63) is 0 Å². The van der Waals surface area contributed by atoms with Crippen molar-refractivity contribution < 1.29 is 9.53 Å². The summed E-state index contributed by atoms with van der Waals surface area (Å²) in [6, 6.07) is 0.583. The monoisotopic (exact) mass is 409 g/mol. The van der Waals surface area contributed by atoms with Crippen molar-refractivity contribution >= 4 is 30.7 Å². The van der Waals surface area contributed by atoms with Gasteiger partial charge in [-0.25, -0.2) is 0 Å². The maximum absolute atomic E-state index is 12.6. The molecule has 5 nitrogen and oxygen atoms in total. The van der Waals surface area contributed by atoms with Gasteiger partial charge in [-0.05, 0) is 52.9 Å². The summed E-state index contributed by atoms with van der Waals surface area (Å²) in [5.74, 6) is 0.898. The van der Waals surface area contributed by atoms with Gasteiger partial charge in [-0.3, -0.25) is 9.69 Å². The Morgan fingerprint density at radius 2 is 1.77 bits per heavy atom. The van der Waals surface area contributed by atoms with Crippen LogP contribution in [-0.2, 0) is 9.53 Å². The highest BCUT2D eigenvalue weighted by Crippen LogP contribution is 2.33. The molecule has 1 amide bonds. The van der Waals surface area contributed by atoms with E-state index in [1.807, 2.05) is 0 Å². The third-order valence-electron chi connectivity index (χ3n) is 6.15. The first-order valence-corrected chi connectivity index (χ1v) is 9.79. The zero-order valence-corrected chi connectivity index (χ0v) is 18.3. The number of halogens is 2. The molecule has 3 aliphatic rings. The van der Waals surface area contributed by atoms with E-state index in [9.17, 15) is 4.79 Å². The van der Waals surface area contributed by atoms with Crippen LogP contribution in [0.2, 0.25) is 0 Å². The topological polar surface area (TPSA) is 53.6 Å². The number of nitrogens with one attached hydrogen (secondary N) is 2. The molecule has 1 saturated carbocycles. The highest BCUT2D eigenvalue weighted by atomic mass is 35.5. The summed E-state index contributed by atoms with van der Waals surface area (Å²) in [5, 5.41) is 6.79. The van der Waals surface area contributed by atoms with Crippen molar-refractivity contribution in [2.75, 3.05) is 19.6 Å². The Labute approximate surface area is 171 Å². The number of hydrogen-bond acceptors (Lipinski definition) is 4. The molecule has 2 aliphatic heterocycles. The molecule has 26 heavy (non-hydrogen) atoms. The van der Waals surface area contributed by atoms with E-state index in [4.69, 9.17) is 4.74 Å². The van der Waals surface area contributed by atoms with Crippen molar-refractivity contribution in [3.63, 3.8) is 0 Å². The van der Waals surface area contributed by atoms with Gasteiger partial charge in [-0.15, -0.1) is 24.8 Å². The predicted octanol–water partition coefficient (Wildman–Crippen LogP) is 2.75. The average molecular weight is 410 g/mol. The van der Waals surface area contributed by atoms with Crippen LogP contribution in [0.1, 0.15) is 59.8 Å².